The van der Waals surface area contributed by atoms with Crippen molar-refractivity contribution >= 4 is 11.6 Å². The number of aromatic nitrogens is 4. The summed E-state index contributed by atoms with van der Waals surface area (Å²) in [4.78, 5) is 18.5. The van der Waals surface area contributed by atoms with E-state index in [0.717, 1.165) is 43.0 Å². The zero-order valence-electron chi connectivity index (χ0n) is 20.1. The Balaban J connectivity index is 1.27. The number of nitrogens with one attached hydrogen (secondary N) is 1. The maximum absolute atomic E-state index is 12.5. The van der Waals surface area contributed by atoms with E-state index in [9.17, 15) is 4.79 Å². The van der Waals surface area contributed by atoms with Crippen LogP contribution in [0.15, 0.2) is 36.4 Å². The molecule has 0 unspecified atom stereocenters. The predicted octanol–water partition coefficient (Wildman–Crippen LogP) is 2.19. The first-order valence-corrected chi connectivity index (χ1v) is 11.3. The van der Waals surface area contributed by atoms with Gasteiger partial charge in [-0.1, -0.05) is 12.1 Å². The molecule has 10 nitrogen and oxygen atoms in total. The van der Waals surface area contributed by atoms with E-state index in [1.807, 2.05) is 50.2 Å². The van der Waals surface area contributed by atoms with E-state index in [4.69, 9.17) is 9.47 Å². The standard InChI is InChI=1S/C24H31N7O3/c1-17-6-5-7-20(18(17)2)25-23(32)15-29-10-12-30(13-11-29)16-31-27-24(26-28-31)19-8-9-21(33-3)22(14-19)34-4/h5-9,14H,10-13,15-16H2,1-4H3,(H,25,32). The molecule has 0 spiro atoms. The Kier molecular flexibility index (Phi) is 7.39. The summed E-state index contributed by atoms with van der Waals surface area (Å²) in [6.07, 6.45) is 0. The van der Waals surface area contributed by atoms with Crippen molar-refractivity contribution in [2.45, 2.75) is 20.5 Å². The van der Waals surface area contributed by atoms with E-state index < -0.39 is 0 Å². The third-order valence-corrected chi connectivity index (χ3v) is 6.13. The number of carbonyl (C=O) groups excluding carboxylic acids is 1. The summed E-state index contributed by atoms with van der Waals surface area (Å²) in [7, 11) is 3.20. The lowest BCUT2D eigenvalue weighted by Gasteiger charge is -2.33. The maximum Gasteiger partial charge on any atom is 0.238 e. The summed E-state index contributed by atoms with van der Waals surface area (Å²) < 4.78 is 10.6. The number of tetrazole rings is 1. The van der Waals surface area contributed by atoms with Gasteiger partial charge < -0.3 is 14.8 Å². The Morgan fingerprint density at radius 3 is 2.47 bits per heavy atom. The maximum atomic E-state index is 12.5. The molecule has 1 N–H and O–H groups in total. The Morgan fingerprint density at radius 1 is 1.00 bits per heavy atom. The zero-order valence-corrected chi connectivity index (χ0v) is 20.1. The first-order valence-electron chi connectivity index (χ1n) is 11.3. The second kappa shape index (κ2) is 10.6. The lowest BCUT2D eigenvalue weighted by Crippen LogP contribution is -2.49. The lowest BCUT2D eigenvalue weighted by molar-refractivity contribution is -0.117. The third kappa shape index (κ3) is 5.52. The smallest absolute Gasteiger partial charge is 0.238 e. The van der Waals surface area contributed by atoms with Crippen LogP contribution in [-0.4, -0.2) is 82.9 Å². The molecule has 180 valence electrons. The van der Waals surface area contributed by atoms with Crippen molar-refractivity contribution in [2.75, 3.05) is 52.3 Å². The van der Waals surface area contributed by atoms with E-state index in [-0.39, 0.29) is 5.91 Å². The number of nitrogens with zero attached hydrogens (tertiary/aromatic N) is 6. The Labute approximate surface area is 199 Å². The molecule has 3 aromatic rings. The molecule has 2 aromatic carbocycles. The molecule has 1 aliphatic heterocycles. The van der Waals surface area contributed by atoms with Gasteiger partial charge in [-0.05, 0) is 54.5 Å². The van der Waals surface area contributed by atoms with Crippen molar-refractivity contribution in [3.8, 4) is 22.9 Å². The van der Waals surface area contributed by atoms with Crippen molar-refractivity contribution in [1.82, 2.24) is 30.0 Å². The van der Waals surface area contributed by atoms with Crippen LogP contribution in [0.5, 0.6) is 11.5 Å². The predicted molar refractivity (Wildman–Crippen MR) is 129 cm³/mol. The monoisotopic (exact) mass is 465 g/mol. The van der Waals surface area contributed by atoms with Crippen molar-refractivity contribution in [3.05, 3.63) is 47.5 Å². The molecule has 0 radical (unpaired) electrons. The number of hydrogen-bond acceptors (Lipinski definition) is 8. The quantitative estimate of drug-likeness (QED) is 0.541. The van der Waals surface area contributed by atoms with E-state index >= 15 is 0 Å². The highest BCUT2D eigenvalue weighted by molar-refractivity contribution is 5.93. The average molecular weight is 466 g/mol. The van der Waals surface area contributed by atoms with Crippen molar-refractivity contribution in [1.29, 1.82) is 0 Å². The van der Waals surface area contributed by atoms with Crippen molar-refractivity contribution in [2.24, 2.45) is 0 Å². The molecule has 0 bridgehead atoms. The van der Waals surface area contributed by atoms with Crippen LogP contribution >= 0.6 is 0 Å². The van der Waals surface area contributed by atoms with E-state index in [1.165, 1.54) is 5.56 Å². The Hall–Kier alpha value is -3.50. The number of aryl methyl sites for hydroxylation is 1. The molecule has 10 heteroatoms. The van der Waals surface area contributed by atoms with Gasteiger partial charge in [0.1, 0.15) is 6.67 Å². The van der Waals surface area contributed by atoms with Crippen LogP contribution < -0.4 is 14.8 Å². The number of amides is 1. The summed E-state index contributed by atoms with van der Waals surface area (Å²) in [6.45, 7) is 8.25. The largest absolute Gasteiger partial charge is 0.493 e. The number of methoxy groups -OCH3 is 2. The van der Waals surface area contributed by atoms with E-state index in [0.29, 0.717) is 30.5 Å². The molecule has 1 aliphatic rings. The van der Waals surface area contributed by atoms with Gasteiger partial charge in [0.25, 0.3) is 0 Å². The normalized spacial score (nSPS) is 14.7. The van der Waals surface area contributed by atoms with Gasteiger partial charge in [0.05, 0.1) is 20.8 Å². The molecule has 0 atom stereocenters. The van der Waals surface area contributed by atoms with E-state index in [1.54, 1.807) is 19.0 Å². The number of carbonyl (C=O) groups is 1. The number of anilines is 1. The van der Waals surface area contributed by atoms with Crippen molar-refractivity contribution < 1.29 is 14.3 Å². The molecule has 0 saturated carbocycles. The Morgan fingerprint density at radius 2 is 1.74 bits per heavy atom. The molecular formula is C24H31N7O3. The topological polar surface area (TPSA) is 97.6 Å². The molecule has 1 aromatic heterocycles. The van der Waals surface area contributed by atoms with E-state index in [2.05, 4.69) is 30.5 Å². The molecule has 4 rings (SSSR count). The fourth-order valence-corrected chi connectivity index (χ4v) is 3.94. The van der Waals surface area contributed by atoms with Crippen LogP contribution in [0.3, 0.4) is 0 Å². The van der Waals surface area contributed by atoms with Crippen LogP contribution in [0.1, 0.15) is 11.1 Å². The summed E-state index contributed by atoms with van der Waals surface area (Å²) >= 11 is 0. The molecule has 34 heavy (non-hydrogen) atoms. The van der Waals surface area contributed by atoms with Gasteiger partial charge in [-0.2, -0.15) is 0 Å². The highest BCUT2D eigenvalue weighted by Gasteiger charge is 2.20. The minimum atomic E-state index is 0.0136. The van der Waals surface area contributed by atoms with Crippen LogP contribution in [-0.2, 0) is 11.5 Å². The number of hydrogen-bond donors (Lipinski definition) is 1. The number of benzene rings is 2. The molecule has 0 aliphatic carbocycles. The fourth-order valence-electron chi connectivity index (χ4n) is 3.94. The van der Waals surface area contributed by atoms with Gasteiger partial charge in [-0.15, -0.1) is 15.0 Å². The molecule has 1 amide bonds. The van der Waals surface area contributed by atoms with Crippen molar-refractivity contribution in [3.63, 3.8) is 0 Å². The zero-order chi connectivity index (χ0) is 24.1. The van der Waals surface area contributed by atoms with Crippen LogP contribution in [0.25, 0.3) is 11.4 Å². The number of ether oxygens (including phenoxy) is 2. The minimum absolute atomic E-state index is 0.0136. The van der Waals surface area contributed by atoms with Gasteiger partial charge in [0.2, 0.25) is 11.7 Å². The fraction of sp³-hybridized carbons (Fsp3) is 0.417. The van der Waals surface area contributed by atoms with Gasteiger partial charge in [0, 0.05) is 37.4 Å². The summed E-state index contributed by atoms with van der Waals surface area (Å²) in [5.74, 6) is 1.82. The van der Waals surface area contributed by atoms with Crippen LogP contribution in [0, 0.1) is 13.8 Å². The highest BCUT2D eigenvalue weighted by Crippen LogP contribution is 2.30. The molecule has 1 fully saturated rings. The van der Waals surface area contributed by atoms with Gasteiger partial charge in [-0.3, -0.25) is 14.6 Å². The Bertz CT molecular complexity index is 1140. The van der Waals surface area contributed by atoms with Crippen LogP contribution in [0.2, 0.25) is 0 Å². The first kappa shape index (κ1) is 23.7. The second-order valence-corrected chi connectivity index (χ2v) is 8.39. The summed E-state index contributed by atoms with van der Waals surface area (Å²) in [6, 6.07) is 11.5. The van der Waals surface area contributed by atoms with Gasteiger partial charge >= 0.3 is 0 Å². The molecule has 2 heterocycles. The van der Waals surface area contributed by atoms with Gasteiger partial charge in [-0.25, -0.2) is 0 Å². The second-order valence-electron chi connectivity index (χ2n) is 8.39. The minimum Gasteiger partial charge on any atom is -0.493 e. The molecule has 1 saturated heterocycles. The first-order chi connectivity index (χ1) is 16.5. The summed E-state index contributed by atoms with van der Waals surface area (Å²) in [5, 5.41) is 15.9. The van der Waals surface area contributed by atoms with Crippen LogP contribution in [0.4, 0.5) is 5.69 Å². The average Bonchev–Trinajstić information content (AvgIpc) is 3.31. The highest BCUT2D eigenvalue weighted by atomic mass is 16.5. The molecular weight excluding hydrogens is 434 g/mol. The summed E-state index contributed by atoms with van der Waals surface area (Å²) in [5.41, 5.74) is 3.96. The number of rotatable bonds is 8. The SMILES string of the molecule is COc1ccc(-c2nnn(CN3CCN(CC(=O)Nc4cccc(C)c4C)CC3)n2)cc1OC. The number of piperazine rings is 1. The van der Waals surface area contributed by atoms with Gasteiger partial charge in [0.15, 0.2) is 11.5 Å². The third-order valence-electron chi connectivity index (χ3n) is 6.13. The lowest BCUT2D eigenvalue weighted by atomic mass is 10.1.